The van der Waals surface area contributed by atoms with Gasteiger partial charge in [0.2, 0.25) is 0 Å². The molecule has 1 aliphatic carbocycles. The van der Waals surface area contributed by atoms with Crippen LogP contribution in [0.25, 0.3) is 0 Å². The Labute approximate surface area is 58.0 Å². The molecule has 0 heteroatoms. The van der Waals surface area contributed by atoms with Crippen molar-refractivity contribution in [3.63, 3.8) is 0 Å². The van der Waals surface area contributed by atoms with Gasteiger partial charge in [0, 0.05) is 0 Å². The van der Waals surface area contributed by atoms with Crippen molar-refractivity contribution in [2.75, 3.05) is 0 Å². The predicted octanol–water partition coefficient (Wildman–Crippen LogP) is 3.14. The van der Waals surface area contributed by atoms with Crippen molar-refractivity contribution in [3.8, 4) is 0 Å². The Morgan fingerprint density at radius 3 is 2.56 bits per heavy atom. The minimum Gasteiger partial charge on any atom is -0.0882 e. The molecule has 1 aliphatic rings. The third-order valence-corrected chi connectivity index (χ3v) is 2.07. The summed E-state index contributed by atoms with van der Waals surface area (Å²) in [5, 5.41) is 0. The number of allylic oxidation sites excluding steroid dienone is 2. The van der Waals surface area contributed by atoms with Crippen LogP contribution in [0.15, 0.2) is 12.2 Å². The lowest BCUT2D eigenvalue weighted by Crippen LogP contribution is -1.91. The third kappa shape index (κ3) is 2.21. The Kier molecular flexibility index (Phi) is 2.82. The normalized spacial score (nSPS) is 19.2. The lowest BCUT2D eigenvalue weighted by Gasteiger charge is -2.05. The first-order valence-corrected chi connectivity index (χ1v) is 4.08. The summed E-state index contributed by atoms with van der Waals surface area (Å²) in [6, 6.07) is 0. The highest BCUT2D eigenvalue weighted by Crippen LogP contribution is 2.22. The molecule has 0 saturated carbocycles. The Morgan fingerprint density at radius 1 is 1.33 bits per heavy atom. The van der Waals surface area contributed by atoms with Gasteiger partial charge < -0.3 is 0 Å². The van der Waals surface area contributed by atoms with Gasteiger partial charge in [-0.05, 0) is 25.2 Å². The standard InChI is InChI=1S/C9H16/c1-2-3-6-9-7-4-5-8-9/h4-5,9H,2-3,6-8H2,1H3. The SMILES string of the molecule is CCCCC1CC=CC1. The molecule has 1 rings (SSSR count). The van der Waals surface area contributed by atoms with Gasteiger partial charge in [-0.3, -0.25) is 0 Å². The summed E-state index contributed by atoms with van der Waals surface area (Å²) in [4.78, 5) is 0. The zero-order valence-corrected chi connectivity index (χ0v) is 6.27. The quantitative estimate of drug-likeness (QED) is 0.507. The molecule has 0 bridgehead atoms. The van der Waals surface area contributed by atoms with E-state index in [0.29, 0.717) is 0 Å². The molecule has 0 saturated heterocycles. The van der Waals surface area contributed by atoms with Crippen LogP contribution in [0.5, 0.6) is 0 Å². The van der Waals surface area contributed by atoms with Crippen molar-refractivity contribution in [3.05, 3.63) is 12.2 Å². The van der Waals surface area contributed by atoms with Crippen molar-refractivity contribution in [2.45, 2.75) is 39.0 Å². The molecule has 9 heavy (non-hydrogen) atoms. The summed E-state index contributed by atoms with van der Waals surface area (Å²) in [7, 11) is 0. The van der Waals surface area contributed by atoms with Crippen LogP contribution < -0.4 is 0 Å². The molecule has 0 aliphatic heterocycles. The summed E-state index contributed by atoms with van der Waals surface area (Å²) < 4.78 is 0. The average molecular weight is 124 g/mol. The van der Waals surface area contributed by atoms with E-state index in [9.17, 15) is 0 Å². The van der Waals surface area contributed by atoms with Gasteiger partial charge in [0.15, 0.2) is 0 Å². The molecule has 0 nitrogen and oxygen atoms in total. The van der Waals surface area contributed by atoms with Gasteiger partial charge >= 0.3 is 0 Å². The van der Waals surface area contributed by atoms with Gasteiger partial charge in [0.05, 0.1) is 0 Å². The topological polar surface area (TPSA) is 0 Å². The highest BCUT2D eigenvalue weighted by Gasteiger charge is 2.07. The molecule has 0 fully saturated rings. The fraction of sp³-hybridized carbons (Fsp3) is 0.778. The Balaban J connectivity index is 2.01. The second kappa shape index (κ2) is 3.71. The van der Waals surface area contributed by atoms with Crippen molar-refractivity contribution < 1.29 is 0 Å². The molecule has 0 radical (unpaired) electrons. The van der Waals surface area contributed by atoms with E-state index in [4.69, 9.17) is 0 Å². The summed E-state index contributed by atoms with van der Waals surface area (Å²) in [5.41, 5.74) is 0. The van der Waals surface area contributed by atoms with E-state index in [1.165, 1.54) is 32.1 Å². The molecule has 0 spiro atoms. The number of hydrogen-bond acceptors (Lipinski definition) is 0. The van der Waals surface area contributed by atoms with Crippen molar-refractivity contribution in [1.29, 1.82) is 0 Å². The maximum Gasteiger partial charge on any atom is -0.0319 e. The maximum absolute atomic E-state index is 2.32. The van der Waals surface area contributed by atoms with Gasteiger partial charge in [-0.1, -0.05) is 31.9 Å². The first-order valence-electron chi connectivity index (χ1n) is 4.08. The van der Waals surface area contributed by atoms with E-state index in [1.54, 1.807) is 0 Å². The van der Waals surface area contributed by atoms with Crippen molar-refractivity contribution >= 4 is 0 Å². The van der Waals surface area contributed by atoms with Crippen LogP contribution in [0.2, 0.25) is 0 Å². The zero-order valence-electron chi connectivity index (χ0n) is 6.27. The highest BCUT2D eigenvalue weighted by molar-refractivity contribution is 4.93. The number of rotatable bonds is 3. The van der Waals surface area contributed by atoms with E-state index in [1.807, 2.05) is 0 Å². The fourth-order valence-corrected chi connectivity index (χ4v) is 1.40. The van der Waals surface area contributed by atoms with Crippen LogP contribution in [0.3, 0.4) is 0 Å². The zero-order chi connectivity index (χ0) is 6.53. The van der Waals surface area contributed by atoms with Crippen LogP contribution in [-0.2, 0) is 0 Å². The molecule has 0 aromatic heterocycles. The monoisotopic (exact) mass is 124 g/mol. The molecular weight excluding hydrogens is 108 g/mol. The van der Waals surface area contributed by atoms with Crippen LogP contribution in [-0.4, -0.2) is 0 Å². The molecule has 0 heterocycles. The molecule has 0 amide bonds. The van der Waals surface area contributed by atoms with Crippen molar-refractivity contribution in [2.24, 2.45) is 5.92 Å². The molecule has 0 aromatic carbocycles. The summed E-state index contributed by atoms with van der Waals surface area (Å²) in [5.74, 6) is 1.00. The fourth-order valence-electron chi connectivity index (χ4n) is 1.40. The molecule has 52 valence electrons. The first-order chi connectivity index (χ1) is 4.43. The Bertz CT molecular complexity index is 84.2. The molecule has 0 atom stereocenters. The number of hydrogen-bond donors (Lipinski definition) is 0. The summed E-state index contributed by atoms with van der Waals surface area (Å²) in [6.07, 6.45) is 11.6. The molecule has 0 N–H and O–H groups in total. The average Bonchev–Trinajstić information content (AvgIpc) is 2.34. The van der Waals surface area contributed by atoms with E-state index in [-0.39, 0.29) is 0 Å². The summed E-state index contributed by atoms with van der Waals surface area (Å²) >= 11 is 0. The van der Waals surface area contributed by atoms with Gasteiger partial charge in [0.1, 0.15) is 0 Å². The summed E-state index contributed by atoms with van der Waals surface area (Å²) in [6.45, 7) is 2.27. The van der Waals surface area contributed by atoms with Gasteiger partial charge in [0.25, 0.3) is 0 Å². The van der Waals surface area contributed by atoms with E-state index in [0.717, 1.165) is 5.92 Å². The van der Waals surface area contributed by atoms with E-state index >= 15 is 0 Å². The lowest BCUT2D eigenvalue weighted by molar-refractivity contribution is 0.495. The smallest absolute Gasteiger partial charge is 0.0319 e. The second-order valence-electron chi connectivity index (χ2n) is 2.95. The molecular formula is C9H16. The van der Waals surface area contributed by atoms with Crippen LogP contribution in [0.4, 0.5) is 0 Å². The number of unbranched alkanes of at least 4 members (excludes halogenated alkanes) is 1. The van der Waals surface area contributed by atoms with Crippen molar-refractivity contribution in [1.82, 2.24) is 0 Å². The highest BCUT2D eigenvalue weighted by atomic mass is 14.1. The van der Waals surface area contributed by atoms with Crippen LogP contribution >= 0.6 is 0 Å². The Hall–Kier alpha value is -0.260. The van der Waals surface area contributed by atoms with Gasteiger partial charge in [-0.15, -0.1) is 0 Å². The van der Waals surface area contributed by atoms with E-state index in [2.05, 4.69) is 19.1 Å². The van der Waals surface area contributed by atoms with Gasteiger partial charge in [-0.2, -0.15) is 0 Å². The molecule has 0 aromatic rings. The predicted molar refractivity (Wildman–Crippen MR) is 41.4 cm³/mol. The van der Waals surface area contributed by atoms with E-state index < -0.39 is 0 Å². The minimum absolute atomic E-state index is 1.00. The van der Waals surface area contributed by atoms with Gasteiger partial charge in [-0.25, -0.2) is 0 Å². The van der Waals surface area contributed by atoms with Crippen LogP contribution in [0, 0.1) is 5.92 Å². The third-order valence-electron chi connectivity index (χ3n) is 2.07. The van der Waals surface area contributed by atoms with Crippen LogP contribution in [0.1, 0.15) is 39.0 Å². The maximum atomic E-state index is 2.32. The lowest BCUT2D eigenvalue weighted by atomic mass is 10.0. The largest absolute Gasteiger partial charge is 0.0882 e. The molecule has 0 unspecified atom stereocenters. The second-order valence-corrected chi connectivity index (χ2v) is 2.95. The first kappa shape index (κ1) is 6.85. The Morgan fingerprint density at radius 2 is 2.00 bits per heavy atom. The minimum atomic E-state index is 1.00.